The molecule has 0 amide bonds. The molecule has 0 radical (unpaired) electrons. The predicted octanol–water partition coefficient (Wildman–Crippen LogP) is 1.97. The van der Waals surface area contributed by atoms with Gasteiger partial charge in [0.2, 0.25) is 0 Å². The zero-order valence-electron chi connectivity index (χ0n) is 12.8. The van der Waals surface area contributed by atoms with Crippen LogP contribution in [-0.2, 0) is 0 Å². The molecule has 2 saturated heterocycles. The van der Waals surface area contributed by atoms with Crippen molar-refractivity contribution < 1.29 is 0 Å². The van der Waals surface area contributed by atoms with Gasteiger partial charge in [-0.3, -0.25) is 0 Å². The molecular formula is C17H27N3. The lowest BCUT2D eigenvalue weighted by Gasteiger charge is -2.35. The third-order valence-electron chi connectivity index (χ3n) is 4.80. The highest BCUT2D eigenvalue weighted by atomic mass is 15.2. The van der Waals surface area contributed by atoms with Crippen molar-refractivity contribution in [3.63, 3.8) is 0 Å². The highest BCUT2D eigenvalue weighted by molar-refractivity contribution is 5.19. The Hall–Kier alpha value is -0.900. The monoisotopic (exact) mass is 273 g/mol. The fourth-order valence-corrected chi connectivity index (χ4v) is 3.73. The molecule has 2 aliphatic rings. The summed E-state index contributed by atoms with van der Waals surface area (Å²) in [4.78, 5) is 4.90. The first-order valence-corrected chi connectivity index (χ1v) is 7.90. The van der Waals surface area contributed by atoms with E-state index in [1.165, 1.54) is 38.0 Å². The molecule has 110 valence electrons. The smallest absolute Gasteiger partial charge is 0.0451 e. The topological polar surface area (TPSA) is 18.5 Å². The molecule has 3 rings (SSSR count). The van der Waals surface area contributed by atoms with Crippen molar-refractivity contribution in [2.45, 2.75) is 24.9 Å². The maximum Gasteiger partial charge on any atom is 0.0451 e. The molecule has 1 aromatic carbocycles. The maximum absolute atomic E-state index is 3.96. The molecule has 1 N–H and O–H groups in total. The second-order valence-corrected chi connectivity index (χ2v) is 6.64. The Labute approximate surface area is 123 Å². The highest BCUT2D eigenvalue weighted by Gasteiger charge is 2.35. The quantitative estimate of drug-likeness (QED) is 0.885. The second kappa shape index (κ2) is 6.25. The molecule has 20 heavy (non-hydrogen) atoms. The molecule has 0 spiro atoms. The second-order valence-electron chi connectivity index (χ2n) is 6.64. The molecule has 3 nitrogen and oxygen atoms in total. The average Bonchev–Trinajstić information content (AvgIpc) is 2.84. The Morgan fingerprint density at radius 1 is 1.20 bits per heavy atom. The van der Waals surface area contributed by atoms with E-state index in [1.54, 1.807) is 0 Å². The fraction of sp³-hybridized carbons (Fsp3) is 0.647. The first kappa shape index (κ1) is 14.1. The van der Waals surface area contributed by atoms with Gasteiger partial charge in [-0.2, -0.15) is 0 Å². The molecule has 2 fully saturated rings. The van der Waals surface area contributed by atoms with Gasteiger partial charge in [-0.25, -0.2) is 0 Å². The van der Waals surface area contributed by atoms with Crippen LogP contribution in [0.4, 0.5) is 0 Å². The van der Waals surface area contributed by atoms with E-state index >= 15 is 0 Å². The van der Waals surface area contributed by atoms with Gasteiger partial charge in [-0.1, -0.05) is 30.3 Å². The van der Waals surface area contributed by atoms with Crippen molar-refractivity contribution in [3.8, 4) is 0 Å². The summed E-state index contributed by atoms with van der Waals surface area (Å²) in [5.74, 6) is 0.858. The molecule has 2 bridgehead atoms. The van der Waals surface area contributed by atoms with Crippen molar-refractivity contribution >= 4 is 0 Å². The molecule has 1 aromatic rings. The average molecular weight is 273 g/mol. The summed E-state index contributed by atoms with van der Waals surface area (Å²) in [5, 5.41) is 3.96. The fourth-order valence-electron chi connectivity index (χ4n) is 3.73. The Kier molecular flexibility index (Phi) is 4.39. The summed E-state index contributed by atoms with van der Waals surface area (Å²) in [6.07, 6.45) is 2.68. The van der Waals surface area contributed by atoms with Crippen molar-refractivity contribution in [1.82, 2.24) is 15.1 Å². The summed E-state index contributed by atoms with van der Waals surface area (Å²) in [7, 11) is 4.32. The summed E-state index contributed by atoms with van der Waals surface area (Å²) in [5.41, 5.74) is 1.42. The van der Waals surface area contributed by atoms with E-state index in [9.17, 15) is 0 Å². The number of hydrogen-bond acceptors (Lipinski definition) is 3. The van der Waals surface area contributed by atoms with Crippen LogP contribution in [0.25, 0.3) is 0 Å². The lowest BCUT2D eigenvalue weighted by Crippen LogP contribution is -2.47. The molecule has 0 aliphatic carbocycles. The number of likely N-dealkylation sites (N-methyl/N-ethyl adjacent to an activating group) is 1. The normalized spacial score (nSPS) is 30.6. The molecule has 0 aromatic heterocycles. The van der Waals surface area contributed by atoms with Crippen LogP contribution in [-0.4, -0.2) is 56.1 Å². The van der Waals surface area contributed by atoms with Gasteiger partial charge >= 0.3 is 0 Å². The number of piperidine rings is 1. The van der Waals surface area contributed by atoms with E-state index in [-0.39, 0.29) is 0 Å². The van der Waals surface area contributed by atoms with E-state index in [1.807, 2.05) is 0 Å². The number of rotatable bonds is 5. The van der Waals surface area contributed by atoms with Gasteiger partial charge in [0, 0.05) is 25.2 Å². The maximum atomic E-state index is 3.96. The van der Waals surface area contributed by atoms with Crippen molar-refractivity contribution in [2.75, 3.05) is 40.3 Å². The van der Waals surface area contributed by atoms with Crippen molar-refractivity contribution in [2.24, 2.45) is 5.92 Å². The molecule has 4 unspecified atom stereocenters. The van der Waals surface area contributed by atoms with Crippen LogP contribution in [0.2, 0.25) is 0 Å². The molecule has 0 saturated carbocycles. The van der Waals surface area contributed by atoms with Crippen molar-refractivity contribution in [3.05, 3.63) is 35.9 Å². The Bertz CT molecular complexity index is 418. The van der Waals surface area contributed by atoms with Crippen LogP contribution >= 0.6 is 0 Å². The zero-order chi connectivity index (χ0) is 13.9. The number of hydrogen-bond donors (Lipinski definition) is 1. The van der Waals surface area contributed by atoms with Crippen LogP contribution in [0.1, 0.15) is 24.4 Å². The van der Waals surface area contributed by atoms with Gasteiger partial charge in [0.05, 0.1) is 0 Å². The molecule has 2 aliphatic heterocycles. The van der Waals surface area contributed by atoms with E-state index in [0.29, 0.717) is 12.1 Å². The summed E-state index contributed by atoms with van der Waals surface area (Å²) in [6.45, 7) is 4.96. The molecule has 3 heteroatoms. The third kappa shape index (κ3) is 3.22. The van der Waals surface area contributed by atoms with Crippen LogP contribution in [0.15, 0.2) is 30.3 Å². The number of fused-ring (bicyclic) bond motifs is 2. The van der Waals surface area contributed by atoms with Crippen molar-refractivity contribution in [1.29, 1.82) is 0 Å². The third-order valence-corrected chi connectivity index (χ3v) is 4.80. The Morgan fingerprint density at radius 3 is 2.70 bits per heavy atom. The van der Waals surface area contributed by atoms with Gasteiger partial charge in [-0.05, 0) is 51.5 Å². The standard InChI is InChI=1S/C17H27N3/c1-19(2)13-17(14-6-4-3-5-7-14)18-16-9-11-20-10-8-15(16)12-20/h3-7,15-18H,8-13H2,1-2H3. The van der Waals surface area contributed by atoms with Gasteiger partial charge in [0.15, 0.2) is 0 Å². The van der Waals surface area contributed by atoms with Crippen LogP contribution in [0.3, 0.4) is 0 Å². The first-order valence-electron chi connectivity index (χ1n) is 7.90. The minimum absolute atomic E-state index is 0.448. The van der Waals surface area contributed by atoms with Gasteiger partial charge in [0.1, 0.15) is 0 Å². The minimum atomic E-state index is 0.448. The van der Waals surface area contributed by atoms with E-state index < -0.39 is 0 Å². The highest BCUT2D eigenvalue weighted by Crippen LogP contribution is 2.29. The Balaban J connectivity index is 1.69. The molecule has 4 atom stereocenters. The number of nitrogens with one attached hydrogen (secondary N) is 1. The largest absolute Gasteiger partial charge is 0.308 e. The predicted molar refractivity (Wildman–Crippen MR) is 83.8 cm³/mol. The van der Waals surface area contributed by atoms with E-state index in [2.05, 4.69) is 59.5 Å². The van der Waals surface area contributed by atoms with Gasteiger partial charge < -0.3 is 15.1 Å². The first-order chi connectivity index (χ1) is 9.72. The SMILES string of the molecule is CN(C)CC(NC1CCN2CCC1C2)c1ccccc1. The summed E-state index contributed by atoms with van der Waals surface area (Å²) in [6, 6.07) is 12.1. The molecular weight excluding hydrogens is 246 g/mol. The minimum Gasteiger partial charge on any atom is -0.308 e. The van der Waals surface area contributed by atoms with E-state index in [0.717, 1.165) is 12.5 Å². The lowest BCUT2D eigenvalue weighted by molar-refractivity contribution is 0.200. The zero-order valence-corrected chi connectivity index (χ0v) is 12.8. The lowest BCUT2D eigenvalue weighted by atomic mass is 9.92. The van der Waals surface area contributed by atoms with E-state index in [4.69, 9.17) is 0 Å². The van der Waals surface area contributed by atoms with Crippen LogP contribution in [0.5, 0.6) is 0 Å². The number of nitrogens with zero attached hydrogens (tertiary/aromatic N) is 2. The van der Waals surface area contributed by atoms with Crippen LogP contribution in [0, 0.1) is 5.92 Å². The van der Waals surface area contributed by atoms with Gasteiger partial charge in [0.25, 0.3) is 0 Å². The summed E-state index contributed by atoms with van der Waals surface area (Å²) < 4.78 is 0. The number of benzene rings is 1. The Morgan fingerprint density at radius 2 is 1.95 bits per heavy atom. The molecule has 2 heterocycles. The summed E-state index contributed by atoms with van der Waals surface area (Å²) >= 11 is 0. The van der Waals surface area contributed by atoms with Crippen LogP contribution < -0.4 is 5.32 Å². The van der Waals surface area contributed by atoms with Gasteiger partial charge in [-0.15, -0.1) is 0 Å².